The van der Waals surface area contributed by atoms with Gasteiger partial charge in [-0.05, 0) is 104 Å². The van der Waals surface area contributed by atoms with E-state index in [1.165, 1.54) is 12.8 Å². The number of hydrogen-bond donors (Lipinski definition) is 2. The summed E-state index contributed by atoms with van der Waals surface area (Å²) >= 11 is 0. The van der Waals surface area contributed by atoms with Gasteiger partial charge in [0.2, 0.25) is 0 Å². The van der Waals surface area contributed by atoms with Crippen LogP contribution in [-0.4, -0.2) is 98.1 Å². The molecule has 1 saturated heterocycles. The number of rotatable bonds is 8. The van der Waals surface area contributed by atoms with Crippen LogP contribution in [0.5, 0.6) is 0 Å². The number of aryl methyl sites for hydroxylation is 2. The number of carbonyl (C=O) groups is 1. The molecule has 4 rings (SSSR count). The number of carbonyl (C=O) groups excluding carboxylic acids is 1. The van der Waals surface area contributed by atoms with Gasteiger partial charge in [-0.2, -0.15) is 0 Å². The monoisotopic (exact) mass is 574 g/mol. The van der Waals surface area contributed by atoms with Crippen LogP contribution in [0.15, 0.2) is 23.0 Å². The summed E-state index contributed by atoms with van der Waals surface area (Å²) in [5.41, 5.74) is 5.66. The quantitative estimate of drug-likeness (QED) is 0.470. The molecule has 2 N–H and O–H groups in total. The van der Waals surface area contributed by atoms with E-state index >= 15 is 0 Å². The number of aromatic amines is 1. The van der Waals surface area contributed by atoms with Crippen molar-refractivity contribution in [2.45, 2.75) is 72.0 Å². The number of anilines is 1. The Morgan fingerprint density at radius 1 is 1.02 bits per heavy atom. The molecule has 8 heteroatoms. The first kappa shape index (κ1) is 31.8. The number of aromatic nitrogens is 1. The first-order valence-corrected chi connectivity index (χ1v) is 15.5. The third-order valence-electron chi connectivity index (χ3n) is 9.16. The summed E-state index contributed by atoms with van der Waals surface area (Å²) in [5.74, 6) is 6.61. The largest absolute Gasteiger partial charge is 0.369 e. The smallest absolute Gasteiger partial charge is 0.253 e. The second-order valence-electron chi connectivity index (χ2n) is 12.4. The van der Waals surface area contributed by atoms with E-state index in [0.717, 1.165) is 80.2 Å². The summed E-state index contributed by atoms with van der Waals surface area (Å²) in [6.07, 6.45) is 4.62. The highest BCUT2D eigenvalue weighted by Gasteiger charge is 2.28. The van der Waals surface area contributed by atoms with Crippen molar-refractivity contribution in [1.29, 1.82) is 0 Å². The highest BCUT2D eigenvalue weighted by molar-refractivity contribution is 5.97. The Kier molecular flexibility index (Phi) is 10.9. The molecule has 0 bridgehead atoms. The van der Waals surface area contributed by atoms with Crippen LogP contribution in [0.2, 0.25) is 0 Å². The average Bonchev–Trinajstić information content (AvgIpc) is 2.95. The standard InChI is InChI=1S/C34H50N6O2/c1-8-40(29-13-11-28(12-14-29)37(5)6)32-22-27(10-9-15-39-18-16-38(7)17-19-39)21-30(26(32)4)33(41)35-23-31-24(2)20-25(3)36-34(31)42/h20-22,28-29H,8,11-19,23H2,1-7H3,(H,35,41)(H,36,42). The van der Waals surface area contributed by atoms with E-state index in [4.69, 9.17) is 0 Å². The number of piperazine rings is 1. The van der Waals surface area contributed by atoms with Gasteiger partial charge in [0.1, 0.15) is 0 Å². The van der Waals surface area contributed by atoms with Crippen LogP contribution < -0.4 is 15.8 Å². The lowest BCUT2D eigenvalue weighted by Crippen LogP contribution is -2.44. The van der Waals surface area contributed by atoms with E-state index in [-0.39, 0.29) is 18.0 Å². The lowest BCUT2D eigenvalue weighted by molar-refractivity contribution is 0.0950. The molecule has 2 aromatic rings. The zero-order valence-corrected chi connectivity index (χ0v) is 26.8. The van der Waals surface area contributed by atoms with Crippen molar-refractivity contribution in [3.8, 4) is 11.8 Å². The van der Waals surface area contributed by atoms with Gasteiger partial charge < -0.3 is 25.0 Å². The fourth-order valence-corrected chi connectivity index (χ4v) is 6.44. The number of pyridine rings is 1. The first-order chi connectivity index (χ1) is 20.1. The zero-order chi connectivity index (χ0) is 30.4. The number of nitrogens with one attached hydrogen (secondary N) is 2. The number of benzene rings is 1. The molecule has 0 spiro atoms. The third-order valence-corrected chi connectivity index (χ3v) is 9.16. The predicted molar refractivity (Wildman–Crippen MR) is 172 cm³/mol. The van der Waals surface area contributed by atoms with E-state index in [9.17, 15) is 9.59 Å². The van der Waals surface area contributed by atoms with Crippen molar-refractivity contribution in [3.05, 3.63) is 62.1 Å². The molecule has 2 aliphatic rings. The first-order valence-electron chi connectivity index (χ1n) is 15.5. The van der Waals surface area contributed by atoms with Crippen LogP contribution in [0, 0.1) is 32.6 Å². The van der Waals surface area contributed by atoms with Crippen molar-refractivity contribution in [2.75, 3.05) is 65.3 Å². The maximum atomic E-state index is 13.7. The number of H-pyrrole nitrogens is 1. The molecule has 42 heavy (non-hydrogen) atoms. The number of hydrogen-bond acceptors (Lipinski definition) is 6. The molecular weight excluding hydrogens is 524 g/mol. The van der Waals surface area contributed by atoms with Gasteiger partial charge >= 0.3 is 0 Å². The van der Waals surface area contributed by atoms with Crippen LogP contribution in [0.25, 0.3) is 0 Å². The molecule has 2 fully saturated rings. The Morgan fingerprint density at radius 2 is 1.69 bits per heavy atom. The molecule has 0 radical (unpaired) electrons. The fourth-order valence-electron chi connectivity index (χ4n) is 6.44. The van der Waals surface area contributed by atoms with Gasteiger partial charge in [0.15, 0.2) is 0 Å². The van der Waals surface area contributed by atoms with E-state index in [0.29, 0.717) is 23.2 Å². The second-order valence-corrected chi connectivity index (χ2v) is 12.4. The molecule has 1 aromatic heterocycles. The van der Waals surface area contributed by atoms with Crippen LogP contribution in [0.1, 0.15) is 70.9 Å². The lowest BCUT2D eigenvalue weighted by Gasteiger charge is -2.40. The zero-order valence-electron chi connectivity index (χ0n) is 26.8. The summed E-state index contributed by atoms with van der Waals surface area (Å²) in [7, 11) is 6.51. The Hall–Kier alpha value is -3.12. The molecule has 0 atom stereocenters. The second kappa shape index (κ2) is 14.4. The Morgan fingerprint density at radius 3 is 2.31 bits per heavy atom. The highest BCUT2D eigenvalue weighted by atomic mass is 16.1. The maximum absolute atomic E-state index is 13.7. The van der Waals surface area contributed by atoms with E-state index in [1.807, 2.05) is 32.9 Å². The van der Waals surface area contributed by atoms with Gasteiger partial charge in [0.25, 0.3) is 11.5 Å². The molecule has 8 nitrogen and oxygen atoms in total. The molecule has 1 aliphatic heterocycles. The molecule has 228 valence electrons. The minimum atomic E-state index is -0.178. The van der Waals surface area contributed by atoms with Crippen molar-refractivity contribution in [2.24, 2.45) is 0 Å². The molecule has 1 aliphatic carbocycles. The van der Waals surface area contributed by atoms with Crippen LogP contribution >= 0.6 is 0 Å². The predicted octanol–water partition coefficient (Wildman–Crippen LogP) is 3.53. The summed E-state index contributed by atoms with van der Waals surface area (Å²) in [5, 5.41) is 3.03. The van der Waals surface area contributed by atoms with Gasteiger partial charge in [-0.25, -0.2) is 0 Å². The Labute approximate surface area is 252 Å². The van der Waals surface area contributed by atoms with Crippen molar-refractivity contribution < 1.29 is 4.79 Å². The van der Waals surface area contributed by atoms with Crippen molar-refractivity contribution in [1.82, 2.24) is 25.0 Å². The van der Waals surface area contributed by atoms with Crippen LogP contribution in [0.3, 0.4) is 0 Å². The molecule has 1 saturated carbocycles. The topological polar surface area (TPSA) is 74.9 Å². The highest BCUT2D eigenvalue weighted by Crippen LogP contribution is 2.33. The lowest BCUT2D eigenvalue weighted by atomic mass is 9.88. The van der Waals surface area contributed by atoms with Crippen molar-refractivity contribution in [3.63, 3.8) is 0 Å². The molecule has 1 aromatic carbocycles. The normalized spacial score (nSPS) is 19.8. The van der Waals surface area contributed by atoms with E-state index < -0.39 is 0 Å². The molecule has 1 amide bonds. The Balaban J connectivity index is 1.62. The SMILES string of the molecule is CCN(c1cc(C#CCN2CCN(C)CC2)cc(C(=O)NCc2c(C)cc(C)[nH]c2=O)c1C)C1CCC(N(C)C)CC1. The van der Waals surface area contributed by atoms with Gasteiger partial charge in [0, 0.05) is 79.4 Å². The molecular formula is C34H50N6O2. The van der Waals surface area contributed by atoms with Gasteiger partial charge in [-0.3, -0.25) is 14.5 Å². The van der Waals surface area contributed by atoms with Crippen LogP contribution in [0.4, 0.5) is 5.69 Å². The van der Waals surface area contributed by atoms with Gasteiger partial charge in [0.05, 0.1) is 6.54 Å². The van der Waals surface area contributed by atoms with Crippen molar-refractivity contribution >= 4 is 11.6 Å². The fraction of sp³-hybridized carbons (Fsp3) is 0.588. The Bertz CT molecular complexity index is 1350. The number of likely N-dealkylation sites (N-methyl/N-ethyl adjacent to an activating group) is 1. The molecule has 0 unspecified atom stereocenters. The van der Waals surface area contributed by atoms with Crippen LogP contribution in [-0.2, 0) is 6.54 Å². The molecule has 2 heterocycles. The van der Waals surface area contributed by atoms with E-state index in [1.54, 1.807) is 0 Å². The minimum Gasteiger partial charge on any atom is -0.369 e. The summed E-state index contributed by atoms with van der Waals surface area (Å²) in [4.78, 5) is 38.7. The number of amides is 1. The summed E-state index contributed by atoms with van der Waals surface area (Å²) in [6, 6.07) is 7.10. The number of nitrogens with zero attached hydrogens (tertiary/aromatic N) is 4. The van der Waals surface area contributed by atoms with E-state index in [2.05, 4.69) is 75.9 Å². The minimum absolute atomic E-state index is 0.154. The summed E-state index contributed by atoms with van der Waals surface area (Å²) < 4.78 is 0. The van der Waals surface area contributed by atoms with Gasteiger partial charge in [-0.1, -0.05) is 11.8 Å². The summed E-state index contributed by atoms with van der Waals surface area (Å²) in [6.45, 7) is 14.0. The third kappa shape index (κ3) is 7.83. The maximum Gasteiger partial charge on any atom is 0.253 e. The van der Waals surface area contributed by atoms with Gasteiger partial charge in [-0.15, -0.1) is 0 Å². The average molecular weight is 575 g/mol.